The largest absolute Gasteiger partial charge is 2.00 e. The van der Waals surface area contributed by atoms with Gasteiger partial charge in [-0.1, -0.05) is 194 Å². The van der Waals surface area contributed by atoms with Crippen LogP contribution in [0.3, 0.4) is 0 Å². The van der Waals surface area contributed by atoms with Gasteiger partial charge in [0, 0.05) is 11.5 Å². The van der Waals surface area contributed by atoms with E-state index >= 15 is 0 Å². The van der Waals surface area contributed by atoms with E-state index in [1.165, 1.54) is 154 Å². The van der Waals surface area contributed by atoms with E-state index in [0.717, 1.165) is 25.7 Å². The molecule has 0 aromatic heterocycles. The van der Waals surface area contributed by atoms with E-state index in [-0.39, 0.29) is 28.6 Å². The molecule has 9 heteroatoms. The van der Waals surface area contributed by atoms with Gasteiger partial charge in [-0.05, 0) is 12.8 Å². The van der Waals surface area contributed by atoms with Crippen LogP contribution in [0.4, 0.5) is 0 Å². The smallest absolute Gasteiger partial charge is 0.748 e. The average molecular weight is 695 g/mol. The minimum absolute atomic E-state index is 0. The van der Waals surface area contributed by atoms with Crippen LogP contribution in [0, 0.1) is 0 Å². The molecule has 0 heterocycles. The zero-order valence-corrected chi connectivity index (χ0v) is 31.0. The first-order chi connectivity index (χ1) is 20.1. The summed E-state index contributed by atoms with van der Waals surface area (Å²) >= 11 is 0. The van der Waals surface area contributed by atoms with Crippen LogP contribution in [0.25, 0.3) is 0 Å². The third kappa shape index (κ3) is 52.2. The van der Waals surface area contributed by atoms with Gasteiger partial charge in [0.1, 0.15) is 0 Å². The molecular formula is C34H70FeO6S2. The normalized spacial score (nSPS) is 11.6. The van der Waals surface area contributed by atoms with Gasteiger partial charge in [-0.25, -0.2) is 16.8 Å². The third-order valence-electron chi connectivity index (χ3n) is 8.00. The van der Waals surface area contributed by atoms with Crippen LogP contribution < -0.4 is 0 Å². The Morgan fingerprint density at radius 1 is 0.302 bits per heavy atom. The Morgan fingerprint density at radius 3 is 0.581 bits per heavy atom. The molecule has 262 valence electrons. The molecule has 0 atom stereocenters. The second-order valence-electron chi connectivity index (χ2n) is 12.4. The van der Waals surface area contributed by atoms with E-state index in [2.05, 4.69) is 13.8 Å². The Morgan fingerprint density at radius 2 is 0.442 bits per heavy atom. The molecule has 0 aliphatic rings. The first-order valence-corrected chi connectivity index (χ1v) is 21.1. The van der Waals surface area contributed by atoms with Crippen molar-refractivity contribution in [3.05, 3.63) is 0 Å². The summed E-state index contributed by atoms with van der Waals surface area (Å²) in [6.07, 6.45) is 37.2. The van der Waals surface area contributed by atoms with Crippen molar-refractivity contribution in [2.45, 2.75) is 206 Å². The molecule has 0 aliphatic heterocycles. The van der Waals surface area contributed by atoms with Crippen molar-refractivity contribution in [3.63, 3.8) is 0 Å². The van der Waals surface area contributed by atoms with Crippen LogP contribution in [-0.4, -0.2) is 37.4 Å². The quantitative estimate of drug-likeness (QED) is 0.0393. The zero-order valence-electron chi connectivity index (χ0n) is 28.2. The summed E-state index contributed by atoms with van der Waals surface area (Å²) in [7, 11) is -7.98. The van der Waals surface area contributed by atoms with E-state index in [4.69, 9.17) is 0 Å². The summed E-state index contributed by atoms with van der Waals surface area (Å²) in [6, 6.07) is 0. The molecule has 0 spiro atoms. The van der Waals surface area contributed by atoms with E-state index < -0.39 is 20.2 Å². The topological polar surface area (TPSA) is 114 Å². The van der Waals surface area contributed by atoms with E-state index in [1.54, 1.807) is 0 Å². The van der Waals surface area contributed by atoms with Gasteiger partial charge in [-0.3, -0.25) is 0 Å². The Hall–Kier alpha value is 0.339. The molecule has 0 saturated heterocycles. The number of hydrogen-bond donors (Lipinski definition) is 0. The van der Waals surface area contributed by atoms with Gasteiger partial charge in [0.15, 0.2) is 0 Å². The molecule has 0 fully saturated rings. The van der Waals surface area contributed by atoms with Gasteiger partial charge in [-0.2, -0.15) is 0 Å². The molecule has 0 bridgehead atoms. The van der Waals surface area contributed by atoms with Crippen LogP contribution in [0.1, 0.15) is 206 Å². The molecule has 0 N–H and O–H groups in total. The molecule has 0 aliphatic carbocycles. The second-order valence-corrected chi connectivity index (χ2v) is 15.5. The van der Waals surface area contributed by atoms with Gasteiger partial charge >= 0.3 is 17.1 Å². The SMILES string of the molecule is CCCCCCCCCCCCCCCCCS(=O)(=O)[O-].CCCCCCCCCCCCCCCCCS(=O)(=O)[O-].[Fe+2]. The summed E-state index contributed by atoms with van der Waals surface area (Å²) in [5, 5.41) is 0. The summed E-state index contributed by atoms with van der Waals surface area (Å²) in [5.41, 5.74) is 0. The Kier molecular flexibility index (Phi) is 40.9. The fourth-order valence-electron chi connectivity index (χ4n) is 5.30. The zero-order chi connectivity index (χ0) is 31.6. The van der Waals surface area contributed by atoms with Crippen LogP contribution in [-0.2, 0) is 37.3 Å². The fraction of sp³-hybridized carbons (Fsp3) is 1.00. The van der Waals surface area contributed by atoms with Gasteiger partial charge in [0.2, 0.25) is 0 Å². The molecular weight excluding hydrogens is 624 g/mol. The van der Waals surface area contributed by atoms with Crippen molar-refractivity contribution in [2.75, 3.05) is 11.5 Å². The van der Waals surface area contributed by atoms with E-state index in [1.807, 2.05) is 0 Å². The maximum Gasteiger partial charge on any atom is 2.00 e. The molecule has 0 radical (unpaired) electrons. The van der Waals surface area contributed by atoms with Crippen molar-refractivity contribution >= 4 is 20.2 Å². The first-order valence-electron chi connectivity index (χ1n) is 18.0. The molecule has 0 rings (SSSR count). The van der Waals surface area contributed by atoms with Gasteiger partial charge in [0.05, 0.1) is 20.2 Å². The third-order valence-corrected chi connectivity index (χ3v) is 9.57. The maximum atomic E-state index is 10.4. The minimum Gasteiger partial charge on any atom is -0.748 e. The van der Waals surface area contributed by atoms with E-state index in [0.29, 0.717) is 12.8 Å². The Labute approximate surface area is 280 Å². The summed E-state index contributed by atoms with van der Waals surface area (Å²) in [6.45, 7) is 4.51. The first kappa shape index (κ1) is 47.7. The predicted octanol–water partition coefficient (Wildman–Crippen LogP) is 10.8. The van der Waals surface area contributed by atoms with Crippen LogP contribution in [0.2, 0.25) is 0 Å². The van der Waals surface area contributed by atoms with Crippen molar-refractivity contribution in [1.29, 1.82) is 0 Å². The summed E-state index contributed by atoms with van der Waals surface area (Å²) < 4.78 is 62.5. The molecule has 0 unspecified atom stereocenters. The Bertz CT molecular complexity index is 667. The Balaban J connectivity index is -0.000000727. The fourth-order valence-corrected chi connectivity index (χ4v) is 6.42. The van der Waals surface area contributed by atoms with Crippen LogP contribution in [0.15, 0.2) is 0 Å². The number of unbranched alkanes of at least 4 members (excludes halogenated alkanes) is 28. The van der Waals surface area contributed by atoms with Crippen LogP contribution >= 0.6 is 0 Å². The average Bonchev–Trinajstić information content (AvgIpc) is 2.92. The molecule has 0 amide bonds. The predicted molar refractivity (Wildman–Crippen MR) is 179 cm³/mol. The van der Waals surface area contributed by atoms with E-state index in [9.17, 15) is 25.9 Å². The maximum absolute atomic E-state index is 10.4. The van der Waals surface area contributed by atoms with Crippen molar-refractivity contribution in [3.8, 4) is 0 Å². The van der Waals surface area contributed by atoms with Gasteiger partial charge < -0.3 is 9.11 Å². The number of rotatable bonds is 32. The van der Waals surface area contributed by atoms with Gasteiger partial charge in [-0.15, -0.1) is 0 Å². The van der Waals surface area contributed by atoms with Crippen LogP contribution in [0.5, 0.6) is 0 Å². The number of hydrogen-bond acceptors (Lipinski definition) is 6. The molecule has 0 aromatic rings. The van der Waals surface area contributed by atoms with Crippen molar-refractivity contribution < 1.29 is 43.0 Å². The summed E-state index contributed by atoms with van der Waals surface area (Å²) in [5.74, 6) is -0.378. The minimum atomic E-state index is -3.99. The van der Waals surface area contributed by atoms with Gasteiger partial charge in [0.25, 0.3) is 0 Å². The molecule has 43 heavy (non-hydrogen) atoms. The second kappa shape index (κ2) is 36.8. The standard InChI is InChI=1S/2C17H36O3S.Fe/c2*1-2-3-4-5-6-7-8-9-10-11-12-13-14-15-16-17-21(18,19)20;/h2*2-17H2,1H3,(H,18,19,20);/q;;+2/p-2. The molecule has 0 aromatic carbocycles. The van der Waals surface area contributed by atoms with Crippen molar-refractivity contribution in [1.82, 2.24) is 0 Å². The summed E-state index contributed by atoms with van der Waals surface area (Å²) in [4.78, 5) is 0. The molecule has 6 nitrogen and oxygen atoms in total. The molecule has 0 saturated carbocycles. The van der Waals surface area contributed by atoms with Crippen molar-refractivity contribution in [2.24, 2.45) is 0 Å². The monoisotopic (exact) mass is 694 g/mol.